The van der Waals surface area contributed by atoms with Gasteiger partial charge in [-0.1, -0.05) is 30.7 Å². The Labute approximate surface area is 114 Å². The molecule has 2 aromatic rings. The smallest absolute Gasteiger partial charge is 0.175 e. The maximum Gasteiger partial charge on any atom is 0.358 e. The zero-order chi connectivity index (χ0) is 13.7. The zero-order valence-corrected chi connectivity index (χ0v) is 10.9. The third kappa shape index (κ3) is 3.09. The van der Waals surface area contributed by atoms with E-state index in [-0.39, 0.29) is 5.95 Å². The van der Waals surface area contributed by atoms with E-state index in [0.717, 1.165) is 5.56 Å². The second-order valence-electron chi connectivity index (χ2n) is 3.58. The highest BCUT2D eigenvalue weighted by molar-refractivity contribution is 6.30. The second-order valence-corrected chi connectivity index (χ2v) is 4.01. The van der Waals surface area contributed by atoms with Gasteiger partial charge >= 0.3 is 5.95 Å². The molecular formula is C11H11ClN7+. The Hall–Kier alpha value is -2.37. The molecule has 0 amide bonds. The van der Waals surface area contributed by atoms with Crippen molar-refractivity contribution in [2.45, 2.75) is 13.3 Å². The van der Waals surface area contributed by atoms with Gasteiger partial charge in [-0.25, -0.2) is 0 Å². The molecule has 0 saturated heterocycles. The van der Waals surface area contributed by atoms with Gasteiger partial charge in [0.25, 0.3) is 0 Å². The highest BCUT2D eigenvalue weighted by atomic mass is 35.5. The molecule has 96 valence electrons. The molecule has 2 rings (SSSR count). The number of nitrogens with one attached hydrogen (secondary N) is 1. The number of hydrogen-bond donors (Lipinski definition) is 1. The van der Waals surface area contributed by atoms with Gasteiger partial charge in [0, 0.05) is 11.4 Å². The van der Waals surface area contributed by atoms with Gasteiger partial charge in [-0.05, 0) is 17.7 Å². The van der Waals surface area contributed by atoms with E-state index in [1.54, 1.807) is 18.3 Å². The first-order valence-corrected chi connectivity index (χ1v) is 5.94. The van der Waals surface area contributed by atoms with Crippen LogP contribution in [0.15, 0.2) is 34.5 Å². The van der Waals surface area contributed by atoms with Crippen molar-refractivity contribution in [2.24, 2.45) is 10.2 Å². The van der Waals surface area contributed by atoms with Crippen molar-refractivity contribution in [3.63, 3.8) is 0 Å². The minimum Gasteiger partial charge on any atom is -0.175 e. The summed E-state index contributed by atoms with van der Waals surface area (Å²) in [7, 11) is 0. The molecule has 19 heavy (non-hydrogen) atoms. The van der Waals surface area contributed by atoms with Gasteiger partial charge in [0.15, 0.2) is 5.82 Å². The van der Waals surface area contributed by atoms with Gasteiger partial charge in [0.05, 0.1) is 6.21 Å². The summed E-state index contributed by atoms with van der Waals surface area (Å²) in [6, 6.07) is 7.24. The molecule has 0 aliphatic heterocycles. The van der Waals surface area contributed by atoms with Crippen LogP contribution in [-0.2, 0) is 6.42 Å². The average molecular weight is 277 g/mol. The standard InChI is InChI=1S/C11H11ClN7/c1-2-10-15-16-11(17-18-13)19(10)14-7-8-3-5-9(12)6-4-8/h3-7,13H,2H2,1H3/q+1/b14-7+. The van der Waals surface area contributed by atoms with E-state index in [2.05, 4.69) is 25.3 Å². The van der Waals surface area contributed by atoms with E-state index in [1.165, 1.54) is 4.68 Å². The average Bonchev–Trinajstić information content (AvgIpc) is 2.81. The van der Waals surface area contributed by atoms with Crippen LogP contribution in [0, 0.1) is 5.53 Å². The van der Waals surface area contributed by atoms with Gasteiger partial charge < -0.3 is 0 Å². The number of aryl methyl sites for hydroxylation is 1. The van der Waals surface area contributed by atoms with E-state index in [1.807, 2.05) is 19.1 Å². The summed E-state index contributed by atoms with van der Waals surface area (Å²) in [5, 5.41) is 16.2. The lowest BCUT2D eigenvalue weighted by molar-refractivity contribution is 0.778. The summed E-state index contributed by atoms with van der Waals surface area (Å²) >= 11 is 5.81. The summed E-state index contributed by atoms with van der Waals surface area (Å²) < 4.78 is 1.45. The summed E-state index contributed by atoms with van der Waals surface area (Å²) in [6.07, 6.45) is 2.29. The third-order valence-electron chi connectivity index (χ3n) is 2.34. The monoisotopic (exact) mass is 276 g/mol. The molecule has 0 radical (unpaired) electrons. The molecule has 0 spiro atoms. The molecule has 7 nitrogen and oxygen atoms in total. The van der Waals surface area contributed by atoms with Crippen molar-refractivity contribution in [3.05, 3.63) is 40.7 Å². The third-order valence-corrected chi connectivity index (χ3v) is 2.59. The van der Waals surface area contributed by atoms with Crippen LogP contribution < -0.4 is 4.91 Å². The van der Waals surface area contributed by atoms with Crippen LogP contribution in [0.25, 0.3) is 0 Å². The summed E-state index contributed by atoms with van der Waals surface area (Å²) in [5.41, 5.74) is 7.62. The summed E-state index contributed by atoms with van der Waals surface area (Å²) in [4.78, 5) is 2.94. The molecule has 0 atom stereocenters. The zero-order valence-electron chi connectivity index (χ0n) is 10.2. The van der Waals surface area contributed by atoms with Crippen molar-refractivity contribution < 1.29 is 0 Å². The highest BCUT2D eigenvalue weighted by Crippen LogP contribution is 2.12. The lowest BCUT2D eigenvalue weighted by Gasteiger charge is -1.97. The Morgan fingerprint density at radius 3 is 2.74 bits per heavy atom. The fourth-order valence-corrected chi connectivity index (χ4v) is 1.55. The Balaban J connectivity index is 2.33. The van der Waals surface area contributed by atoms with Gasteiger partial charge in [-0.2, -0.15) is 9.78 Å². The van der Waals surface area contributed by atoms with E-state index in [0.29, 0.717) is 17.3 Å². The maximum absolute atomic E-state index is 6.73. The lowest BCUT2D eigenvalue weighted by atomic mass is 10.2. The Bertz CT molecular complexity index is 638. The molecule has 0 bridgehead atoms. The molecule has 0 aliphatic carbocycles. The summed E-state index contributed by atoms with van der Waals surface area (Å²) in [6.45, 7) is 1.93. The molecule has 0 unspecified atom stereocenters. The number of halogens is 1. The summed E-state index contributed by atoms with van der Waals surface area (Å²) in [5.74, 6) is 0.824. The predicted octanol–water partition coefficient (Wildman–Crippen LogP) is 2.56. The van der Waals surface area contributed by atoms with Crippen LogP contribution in [0.1, 0.15) is 18.3 Å². The molecule has 0 aliphatic rings. The van der Waals surface area contributed by atoms with Crippen LogP contribution in [0.5, 0.6) is 0 Å². The highest BCUT2D eigenvalue weighted by Gasteiger charge is 2.12. The van der Waals surface area contributed by atoms with Crippen LogP contribution in [0.3, 0.4) is 0 Å². The molecule has 1 aromatic heterocycles. The first-order valence-electron chi connectivity index (χ1n) is 5.56. The van der Waals surface area contributed by atoms with Gasteiger partial charge in [-0.3, -0.25) is 0 Å². The lowest BCUT2D eigenvalue weighted by Crippen LogP contribution is -1.97. The van der Waals surface area contributed by atoms with Crippen LogP contribution >= 0.6 is 11.6 Å². The fraction of sp³-hybridized carbons (Fsp3) is 0.182. The van der Waals surface area contributed by atoms with E-state index in [4.69, 9.17) is 17.1 Å². The molecule has 8 heteroatoms. The number of nitrogens with zero attached hydrogens (tertiary/aromatic N) is 6. The molecule has 0 saturated carbocycles. The molecule has 1 aromatic carbocycles. The number of benzene rings is 1. The maximum atomic E-state index is 6.73. The SMILES string of the molecule is CCc1nnc(N=[N+]=N)n1/N=C/c1ccc(Cl)cc1. The van der Waals surface area contributed by atoms with Crippen LogP contribution in [0.4, 0.5) is 5.95 Å². The normalized spacial score (nSPS) is 10.6. The first kappa shape index (κ1) is 13.1. The van der Waals surface area contributed by atoms with E-state index < -0.39 is 0 Å². The van der Waals surface area contributed by atoms with Crippen molar-refractivity contribution in [2.75, 3.05) is 0 Å². The van der Waals surface area contributed by atoms with E-state index >= 15 is 0 Å². The topological polar surface area (TPSA) is 93.4 Å². The Kier molecular flexibility index (Phi) is 4.12. The second kappa shape index (κ2) is 5.99. The van der Waals surface area contributed by atoms with Crippen molar-refractivity contribution in [1.29, 1.82) is 5.53 Å². The molecule has 1 N–H and O–H groups in total. The Morgan fingerprint density at radius 1 is 1.37 bits per heavy atom. The minimum absolute atomic E-state index is 0.178. The molecule has 1 heterocycles. The first-order chi connectivity index (χ1) is 9.24. The molecule has 0 fully saturated rings. The van der Waals surface area contributed by atoms with E-state index in [9.17, 15) is 0 Å². The number of aromatic nitrogens is 3. The largest absolute Gasteiger partial charge is 0.358 e. The van der Waals surface area contributed by atoms with Crippen molar-refractivity contribution in [1.82, 2.24) is 19.8 Å². The van der Waals surface area contributed by atoms with Crippen LogP contribution in [0.2, 0.25) is 5.02 Å². The quantitative estimate of drug-likeness (QED) is 0.528. The van der Waals surface area contributed by atoms with Crippen molar-refractivity contribution in [3.8, 4) is 0 Å². The number of hydrogen-bond acceptors (Lipinski definition) is 5. The fourth-order valence-electron chi connectivity index (χ4n) is 1.42. The van der Waals surface area contributed by atoms with Gasteiger partial charge in [0.2, 0.25) is 10.0 Å². The number of rotatable bonds is 4. The van der Waals surface area contributed by atoms with Crippen molar-refractivity contribution >= 4 is 23.8 Å². The predicted molar refractivity (Wildman–Crippen MR) is 70.8 cm³/mol. The molecular weight excluding hydrogens is 266 g/mol. The van der Waals surface area contributed by atoms with Gasteiger partial charge in [0.1, 0.15) is 5.53 Å². The Morgan fingerprint density at radius 2 is 2.11 bits per heavy atom. The van der Waals surface area contributed by atoms with Gasteiger partial charge in [-0.15, -0.1) is 10.2 Å². The minimum atomic E-state index is 0.178. The van der Waals surface area contributed by atoms with Crippen LogP contribution in [-0.4, -0.2) is 21.1 Å².